The van der Waals surface area contributed by atoms with Gasteiger partial charge in [0.2, 0.25) is 0 Å². The van der Waals surface area contributed by atoms with E-state index in [1.54, 1.807) is 32.3 Å². The summed E-state index contributed by atoms with van der Waals surface area (Å²) in [6.45, 7) is 3.29. The van der Waals surface area contributed by atoms with Crippen LogP contribution in [0.4, 0.5) is 8.78 Å². The number of fused-ring (bicyclic) bond motifs is 1. The summed E-state index contributed by atoms with van der Waals surface area (Å²) in [5.74, 6) is -0.902. The monoisotopic (exact) mass is 307 g/mol. The van der Waals surface area contributed by atoms with Crippen LogP contribution >= 0.6 is 11.6 Å². The molecule has 2 aromatic heterocycles. The second-order valence-corrected chi connectivity index (χ2v) is 5.47. The molecule has 1 aromatic carbocycles. The zero-order valence-electron chi connectivity index (χ0n) is 11.4. The lowest BCUT2D eigenvalue weighted by Gasteiger charge is -2.13. The zero-order chi connectivity index (χ0) is 15.1. The fourth-order valence-electron chi connectivity index (χ4n) is 2.30. The molecule has 6 heteroatoms. The number of halogens is 3. The number of aryl methyl sites for hydroxylation is 1. The summed E-state index contributed by atoms with van der Waals surface area (Å²) in [6.07, 6.45) is 3.09. The van der Waals surface area contributed by atoms with Crippen LogP contribution in [0, 0.1) is 18.6 Å². The summed E-state index contributed by atoms with van der Waals surface area (Å²) in [7, 11) is 0. The van der Waals surface area contributed by atoms with Crippen molar-refractivity contribution < 1.29 is 8.78 Å². The Kier molecular flexibility index (Phi) is 3.37. The van der Waals surface area contributed by atoms with Gasteiger partial charge in [-0.1, -0.05) is 6.07 Å². The third-order valence-corrected chi connectivity index (χ3v) is 3.52. The van der Waals surface area contributed by atoms with E-state index in [2.05, 4.69) is 9.97 Å². The van der Waals surface area contributed by atoms with Crippen molar-refractivity contribution in [2.75, 3.05) is 0 Å². The number of hydrogen-bond donors (Lipinski definition) is 0. The van der Waals surface area contributed by atoms with Gasteiger partial charge in [0.25, 0.3) is 0 Å². The highest BCUT2D eigenvalue weighted by Gasteiger charge is 2.22. The lowest BCUT2D eigenvalue weighted by atomic mass is 10.2. The summed E-state index contributed by atoms with van der Waals surface area (Å²) >= 11 is 6.13. The molecule has 0 aliphatic carbocycles. The van der Waals surface area contributed by atoms with Crippen LogP contribution in [0.1, 0.15) is 23.7 Å². The molecule has 1 atom stereocenters. The van der Waals surface area contributed by atoms with Crippen molar-refractivity contribution in [1.29, 1.82) is 0 Å². The smallest absolute Gasteiger partial charge is 0.153 e. The van der Waals surface area contributed by atoms with Gasteiger partial charge < -0.3 is 0 Å². The van der Waals surface area contributed by atoms with Gasteiger partial charge in [-0.3, -0.25) is 9.55 Å². The first kappa shape index (κ1) is 13.9. The van der Waals surface area contributed by atoms with Gasteiger partial charge in [-0.25, -0.2) is 13.8 Å². The van der Waals surface area contributed by atoms with E-state index in [4.69, 9.17) is 11.6 Å². The van der Waals surface area contributed by atoms with Gasteiger partial charge in [-0.2, -0.15) is 0 Å². The molecule has 0 aliphatic heterocycles. The van der Waals surface area contributed by atoms with E-state index in [0.29, 0.717) is 22.4 Å². The minimum absolute atomic E-state index is 0.161. The Morgan fingerprint density at radius 1 is 1.24 bits per heavy atom. The quantitative estimate of drug-likeness (QED) is 0.661. The largest absolute Gasteiger partial charge is 0.289 e. The van der Waals surface area contributed by atoms with Gasteiger partial charge in [-0.15, -0.1) is 11.6 Å². The first-order valence-electron chi connectivity index (χ1n) is 6.42. The molecule has 0 radical (unpaired) electrons. The van der Waals surface area contributed by atoms with Crippen molar-refractivity contribution in [3.05, 3.63) is 53.6 Å². The summed E-state index contributed by atoms with van der Waals surface area (Å²) < 4.78 is 30.1. The summed E-state index contributed by atoms with van der Waals surface area (Å²) in [4.78, 5) is 8.31. The van der Waals surface area contributed by atoms with Crippen LogP contribution in [0.5, 0.6) is 0 Å². The standard InChI is InChI=1S/C15H12ClF2N3/c1-8-3-4-10(17)14(13(8)18)21-12-5-6-19-7-11(12)20-15(21)9(2)16/h3-7,9H,1-2H3. The average molecular weight is 308 g/mol. The van der Waals surface area contributed by atoms with Gasteiger partial charge in [0.15, 0.2) is 5.82 Å². The Morgan fingerprint density at radius 2 is 2.00 bits per heavy atom. The van der Waals surface area contributed by atoms with Crippen LogP contribution in [0.25, 0.3) is 16.7 Å². The molecule has 108 valence electrons. The minimum atomic E-state index is -0.659. The molecule has 0 bridgehead atoms. The van der Waals surface area contributed by atoms with Crippen LogP contribution < -0.4 is 0 Å². The number of nitrogens with zero attached hydrogens (tertiary/aromatic N) is 3. The van der Waals surface area contributed by atoms with Crippen LogP contribution in [0.3, 0.4) is 0 Å². The van der Waals surface area contributed by atoms with Crippen molar-refractivity contribution in [1.82, 2.24) is 14.5 Å². The van der Waals surface area contributed by atoms with Gasteiger partial charge in [0.1, 0.15) is 22.8 Å². The van der Waals surface area contributed by atoms with Crippen LogP contribution in [0.2, 0.25) is 0 Å². The van der Waals surface area contributed by atoms with Crippen molar-refractivity contribution in [2.45, 2.75) is 19.2 Å². The van der Waals surface area contributed by atoms with Crippen molar-refractivity contribution >= 4 is 22.6 Å². The molecule has 21 heavy (non-hydrogen) atoms. The van der Waals surface area contributed by atoms with E-state index in [-0.39, 0.29) is 5.69 Å². The Balaban J connectivity index is 2.45. The minimum Gasteiger partial charge on any atom is -0.289 e. The fourth-order valence-corrected chi connectivity index (χ4v) is 2.45. The molecule has 0 saturated carbocycles. The third-order valence-electron chi connectivity index (χ3n) is 3.32. The predicted octanol–water partition coefficient (Wildman–Crippen LogP) is 4.31. The van der Waals surface area contributed by atoms with Gasteiger partial charge in [0.05, 0.1) is 17.1 Å². The number of aromatic nitrogens is 3. The van der Waals surface area contributed by atoms with E-state index in [1.165, 1.54) is 16.7 Å². The van der Waals surface area contributed by atoms with Crippen molar-refractivity contribution in [2.24, 2.45) is 0 Å². The predicted molar refractivity (Wildman–Crippen MR) is 77.8 cm³/mol. The summed E-state index contributed by atoms with van der Waals surface area (Å²) in [5.41, 5.74) is 1.30. The van der Waals surface area contributed by atoms with Gasteiger partial charge in [-0.05, 0) is 31.5 Å². The maximum Gasteiger partial charge on any atom is 0.153 e. The van der Waals surface area contributed by atoms with E-state index >= 15 is 0 Å². The first-order valence-corrected chi connectivity index (χ1v) is 6.85. The second-order valence-electron chi connectivity index (χ2n) is 4.81. The molecule has 0 saturated heterocycles. The molecule has 3 rings (SSSR count). The molecule has 1 unspecified atom stereocenters. The lowest BCUT2D eigenvalue weighted by Crippen LogP contribution is -2.08. The Labute approximate surface area is 125 Å². The summed E-state index contributed by atoms with van der Waals surface area (Å²) in [6, 6.07) is 4.30. The first-order chi connectivity index (χ1) is 10.0. The van der Waals surface area contributed by atoms with Crippen LogP contribution in [-0.4, -0.2) is 14.5 Å². The second kappa shape index (κ2) is 5.07. The molecular weight excluding hydrogens is 296 g/mol. The van der Waals surface area contributed by atoms with E-state index in [9.17, 15) is 8.78 Å². The maximum atomic E-state index is 14.4. The van der Waals surface area contributed by atoms with E-state index in [1.807, 2.05) is 0 Å². The Hall–Kier alpha value is -2.01. The van der Waals surface area contributed by atoms with Crippen LogP contribution in [0.15, 0.2) is 30.6 Å². The molecular formula is C15H12ClF2N3. The van der Waals surface area contributed by atoms with Crippen LogP contribution in [-0.2, 0) is 0 Å². The van der Waals surface area contributed by atoms with Gasteiger partial charge >= 0.3 is 0 Å². The highest BCUT2D eigenvalue weighted by Crippen LogP contribution is 2.31. The molecule has 0 aliphatic rings. The SMILES string of the molecule is Cc1ccc(F)c(-n2c(C(C)Cl)nc3cnccc32)c1F. The number of imidazole rings is 1. The molecule has 3 aromatic rings. The number of hydrogen-bond acceptors (Lipinski definition) is 2. The van der Waals surface area contributed by atoms with E-state index in [0.717, 1.165) is 0 Å². The number of rotatable bonds is 2. The maximum absolute atomic E-state index is 14.4. The Bertz CT molecular complexity index is 827. The topological polar surface area (TPSA) is 30.7 Å². The molecule has 0 N–H and O–H groups in total. The highest BCUT2D eigenvalue weighted by molar-refractivity contribution is 6.20. The number of alkyl halides is 1. The lowest BCUT2D eigenvalue weighted by molar-refractivity contribution is 0.562. The summed E-state index contributed by atoms with van der Waals surface area (Å²) in [5, 5.41) is -0.503. The molecule has 0 spiro atoms. The van der Waals surface area contributed by atoms with Crippen molar-refractivity contribution in [3.8, 4) is 5.69 Å². The highest BCUT2D eigenvalue weighted by atomic mass is 35.5. The molecule has 3 nitrogen and oxygen atoms in total. The normalized spacial score (nSPS) is 12.8. The third kappa shape index (κ3) is 2.17. The molecule has 0 fully saturated rings. The number of pyridine rings is 1. The Morgan fingerprint density at radius 3 is 2.71 bits per heavy atom. The average Bonchev–Trinajstić information content (AvgIpc) is 2.83. The fraction of sp³-hybridized carbons (Fsp3) is 0.200. The molecule has 0 amide bonds. The van der Waals surface area contributed by atoms with Crippen molar-refractivity contribution in [3.63, 3.8) is 0 Å². The van der Waals surface area contributed by atoms with Gasteiger partial charge in [0, 0.05) is 6.20 Å². The number of benzene rings is 1. The molecule has 2 heterocycles. The van der Waals surface area contributed by atoms with E-state index < -0.39 is 17.0 Å². The zero-order valence-corrected chi connectivity index (χ0v) is 12.2.